The highest BCUT2D eigenvalue weighted by Crippen LogP contribution is 2.27. The van der Waals surface area contributed by atoms with E-state index in [0.29, 0.717) is 47.5 Å². The van der Waals surface area contributed by atoms with Crippen molar-refractivity contribution in [2.75, 3.05) is 27.8 Å². The van der Waals surface area contributed by atoms with Gasteiger partial charge in [-0.1, -0.05) is 17.7 Å². The van der Waals surface area contributed by atoms with Crippen molar-refractivity contribution < 1.29 is 19.0 Å². The molecule has 1 amide bonds. The topological polar surface area (TPSA) is 60.9 Å². The molecule has 30 heavy (non-hydrogen) atoms. The van der Waals surface area contributed by atoms with E-state index in [1.165, 1.54) is 11.3 Å². The Hall–Kier alpha value is -2.77. The first kappa shape index (κ1) is 21.9. The molecule has 0 aliphatic heterocycles. The molecule has 0 unspecified atom stereocenters. The fourth-order valence-corrected chi connectivity index (χ4v) is 3.59. The average Bonchev–Trinajstić information content (AvgIpc) is 3.25. The van der Waals surface area contributed by atoms with Crippen molar-refractivity contribution in [3.63, 3.8) is 0 Å². The lowest BCUT2D eigenvalue weighted by atomic mass is 10.1. The Balaban J connectivity index is 1.54. The van der Waals surface area contributed by atoms with Crippen LogP contribution < -0.4 is 14.2 Å². The van der Waals surface area contributed by atoms with Crippen molar-refractivity contribution in [2.24, 2.45) is 0 Å². The summed E-state index contributed by atoms with van der Waals surface area (Å²) in [5.41, 5.74) is 1.48. The predicted octanol–water partition coefficient (Wildman–Crippen LogP) is 4.71. The second-order valence-electron chi connectivity index (χ2n) is 6.54. The Morgan fingerprint density at radius 1 is 1.10 bits per heavy atom. The lowest BCUT2D eigenvalue weighted by Crippen LogP contribution is -2.29. The number of hydrogen-bond acceptors (Lipinski definition) is 6. The third-order valence-electron chi connectivity index (χ3n) is 4.48. The number of hydrogen-bond donors (Lipinski definition) is 0. The maximum atomic E-state index is 12.7. The van der Waals surface area contributed by atoms with Gasteiger partial charge in [0, 0.05) is 24.0 Å². The van der Waals surface area contributed by atoms with Crippen LogP contribution in [-0.4, -0.2) is 43.6 Å². The molecule has 0 radical (unpaired) electrons. The average molecular weight is 447 g/mol. The number of aromatic nitrogens is 1. The number of carbonyl (C=O) groups excluding carboxylic acids is 1. The molecule has 8 heteroatoms. The van der Waals surface area contributed by atoms with Crippen molar-refractivity contribution >= 4 is 28.8 Å². The molecule has 0 atom stereocenters. The SMILES string of the molecule is COc1ccc(CCN(C)C(=O)c2csc(COc3ccc(Cl)cc3)n2)cc1OC. The Kier molecular flexibility index (Phi) is 7.54. The van der Waals surface area contributed by atoms with Crippen molar-refractivity contribution in [3.05, 3.63) is 69.1 Å². The van der Waals surface area contributed by atoms with Gasteiger partial charge >= 0.3 is 0 Å². The molecule has 0 aliphatic carbocycles. The number of halogens is 1. The summed E-state index contributed by atoms with van der Waals surface area (Å²) < 4.78 is 16.3. The van der Waals surface area contributed by atoms with Crippen LogP contribution in [0.3, 0.4) is 0 Å². The summed E-state index contributed by atoms with van der Waals surface area (Å²) in [4.78, 5) is 18.8. The molecule has 0 aliphatic rings. The van der Waals surface area contributed by atoms with Crippen molar-refractivity contribution in [3.8, 4) is 17.2 Å². The third kappa shape index (κ3) is 5.64. The minimum atomic E-state index is -0.121. The quantitative estimate of drug-likeness (QED) is 0.476. The maximum absolute atomic E-state index is 12.7. The van der Waals surface area contributed by atoms with Crippen LogP contribution in [0.5, 0.6) is 17.2 Å². The van der Waals surface area contributed by atoms with Gasteiger partial charge in [0.1, 0.15) is 23.1 Å². The second-order valence-corrected chi connectivity index (χ2v) is 7.91. The Morgan fingerprint density at radius 2 is 1.83 bits per heavy atom. The number of nitrogens with zero attached hydrogens (tertiary/aromatic N) is 2. The molecule has 0 saturated carbocycles. The van der Waals surface area contributed by atoms with E-state index in [2.05, 4.69) is 4.98 Å². The smallest absolute Gasteiger partial charge is 0.273 e. The van der Waals surface area contributed by atoms with Gasteiger partial charge in [-0.25, -0.2) is 4.98 Å². The number of likely N-dealkylation sites (N-methyl/N-ethyl adjacent to an activating group) is 1. The molecule has 3 rings (SSSR count). The molecule has 1 heterocycles. The Bertz CT molecular complexity index is 991. The number of ether oxygens (including phenoxy) is 3. The molecule has 158 valence electrons. The van der Waals surface area contributed by atoms with Crippen molar-refractivity contribution in [1.82, 2.24) is 9.88 Å². The molecular formula is C22H23ClN2O4S. The minimum Gasteiger partial charge on any atom is -0.493 e. The van der Waals surface area contributed by atoms with Gasteiger partial charge in [0.25, 0.3) is 5.91 Å². The number of amides is 1. The molecule has 6 nitrogen and oxygen atoms in total. The number of carbonyl (C=O) groups is 1. The molecule has 3 aromatic rings. The van der Waals surface area contributed by atoms with Crippen LogP contribution >= 0.6 is 22.9 Å². The van der Waals surface area contributed by atoms with E-state index in [0.717, 1.165) is 10.6 Å². The van der Waals surface area contributed by atoms with E-state index in [1.807, 2.05) is 18.2 Å². The fourth-order valence-electron chi connectivity index (χ4n) is 2.78. The highest BCUT2D eigenvalue weighted by atomic mass is 35.5. The van der Waals surface area contributed by atoms with E-state index >= 15 is 0 Å². The van der Waals surface area contributed by atoms with Gasteiger partial charge in [0.2, 0.25) is 0 Å². The molecule has 0 saturated heterocycles. The first-order valence-electron chi connectivity index (χ1n) is 9.29. The highest BCUT2D eigenvalue weighted by molar-refractivity contribution is 7.09. The Labute approximate surface area is 185 Å². The first-order chi connectivity index (χ1) is 14.5. The lowest BCUT2D eigenvalue weighted by Gasteiger charge is -2.16. The van der Waals surface area contributed by atoms with Gasteiger partial charge in [0.05, 0.1) is 14.2 Å². The van der Waals surface area contributed by atoms with E-state index in [4.69, 9.17) is 25.8 Å². The summed E-state index contributed by atoms with van der Waals surface area (Å²) in [6.07, 6.45) is 0.694. The van der Waals surface area contributed by atoms with Crippen molar-refractivity contribution in [1.29, 1.82) is 0 Å². The number of thiazole rings is 1. The third-order valence-corrected chi connectivity index (χ3v) is 5.55. The predicted molar refractivity (Wildman–Crippen MR) is 118 cm³/mol. The van der Waals surface area contributed by atoms with Gasteiger partial charge in [0.15, 0.2) is 11.5 Å². The zero-order valence-corrected chi connectivity index (χ0v) is 18.6. The summed E-state index contributed by atoms with van der Waals surface area (Å²) in [7, 11) is 4.98. The van der Waals surface area contributed by atoms with Crippen LogP contribution in [0.1, 0.15) is 21.1 Å². The zero-order valence-electron chi connectivity index (χ0n) is 17.1. The van der Waals surface area contributed by atoms with E-state index in [-0.39, 0.29) is 5.91 Å². The normalized spacial score (nSPS) is 10.5. The summed E-state index contributed by atoms with van der Waals surface area (Å²) in [5, 5.41) is 3.15. The molecule has 0 N–H and O–H groups in total. The van der Waals surface area contributed by atoms with Crippen molar-refractivity contribution in [2.45, 2.75) is 13.0 Å². The number of methoxy groups -OCH3 is 2. The van der Waals surface area contributed by atoms with Gasteiger partial charge in [-0.2, -0.15) is 0 Å². The fraction of sp³-hybridized carbons (Fsp3) is 0.273. The van der Waals surface area contributed by atoms with Gasteiger partial charge in [-0.3, -0.25) is 4.79 Å². The van der Waals surface area contributed by atoms with Crippen LogP contribution in [0.15, 0.2) is 47.8 Å². The first-order valence-corrected chi connectivity index (χ1v) is 10.5. The summed E-state index contributed by atoms with van der Waals surface area (Å²) in [5.74, 6) is 1.94. The molecule has 2 aromatic carbocycles. The summed E-state index contributed by atoms with van der Waals surface area (Å²) in [6, 6.07) is 12.9. The van der Waals surface area contributed by atoms with Crippen LogP contribution in [0.25, 0.3) is 0 Å². The number of benzene rings is 2. The molecule has 0 fully saturated rings. The van der Waals surface area contributed by atoms with Gasteiger partial charge in [-0.05, 0) is 48.4 Å². The van der Waals surface area contributed by atoms with Crippen LogP contribution in [0, 0.1) is 0 Å². The highest BCUT2D eigenvalue weighted by Gasteiger charge is 2.16. The van der Waals surface area contributed by atoms with Gasteiger partial charge in [-0.15, -0.1) is 11.3 Å². The van der Waals surface area contributed by atoms with E-state index in [1.54, 1.807) is 55.8 Å². The van der Waals surface area contributed by atoms with E-state index < -0.39 is 0 Å². The van der Waals surface area contributed by atoms with Crippen LogP contribution in [0.2, 0.25) is 5.02 Å². The molecule has 0 spiro atoms. The summed E-state index contributed by atoms with van der Waals surface area (Å²) >= 11 is 7.27. The molecular weight excluding hydrogens is 424 g/mol. The minimum absolute atomic E-state index is 0.121. The molecule has 1 aromatic heterocycles. The standard InChI is InChI=1S/C22H23ClN2O4S/c1-25(11-10-15-4-9-19(27-2)20(12-15)28-3)22(26)18-14-30-21(24-18)13-29-17-7-5-16(23)6-8-17/h4-9,12,14H,10-11,13H2,1-3H3. The van der Waals surface area contributed by atoms with E-state index in [9.17, 15) is 4.79 Å². The zero-order chi connectivity index (χ0) is 21.5. The number of rotatable bonds is 9. The monoisotopic (exact) mass is 446 g/mol. The Morgan fingerprint density at radius 3 is 2.53 bits per heavy atom. The lowest BCUT2D eigenvalue weighted by molar-refractivity contribution is 0.0791. The second kappa shape index (κ2) is 10.3. The van der Waals surface area contributed by atoms with Gasteiger partial charge < -0.3 is 19.1 Å². The van der Waals surface area contributed by atoms with Crippen LogP contribution in [-0.2, 0) is 13.0 Å². The van der Waals surface area contributed by atoms with Crippen LogP contribution in [0.4, 0.5) is 0 Å². The molecule has 0 bridgehead atoms. The maximum Gasteiger partial charge on any atom is 0.273 e. The summed E-state index contributed by atoms with van der Waals surface area (Å²) in [6.45, 7) is 0.859. The largest absolute Gasteiger partial charge is 0.493 e.